The summed E-state index contributed by atoms with van der Waals surface area (Å²) in [7, 11) is 0. The van der Waals surface area contributed by atoms with Crippen LogP contribution >= 0.6 is 0 Å². The molecule has 0 aromatic heterocycles. The smallest absolute Gasteiger partial charge is 0.332 e. The summed E-state index contributed by atoms with van der Waals surface area (Å²) in [6.07, 6.45) is 2.49. The number of esters is 1. The Hall–Kier alpha value is -0.570. The maximum atomic E-state index is 11.0. The van der Waals surface area contributed by atoms with Gasteiger partial charge >= 0.3 is 5.97 Å². The molecule has 0 heterocycles. The van der Waals surface area contributed by atoms with Gasteiger partial charge in [0.1, 0.15) is 12.2 Å². The van der Waals surface area contributed by atoms with Crippen molar-refractivity contribution in [3.8, 4) is 0 Å². The molecule has 0 atom stereocenters. The van der Waals surface area contributed by atoms with Crippen LogP contribution in [-0.2, 0) is 14.3 Å². The monoisotopic (exact) mass is 172 g/mol. The molecule has 0 amide bonds. The van der Waals surface area contributed by atoms with E-state index in [2.05, 4.69) is 0 Å². The molecule has 1 aliphatic carbocycles. The van der Waals surface area contributed by atoms with Gasteiger partial charge in [-0.25, -0.2) is 4.79 Å². The van der Waals surface area contributed by atoms with Crippen LogP contribution in [0.2, 0.25) is 0 Å². The predicted octanol–water partition coefficient (Wildman–Crippen LogP) is 1.51. The van der Waals surface area contributed by atoms with Crippen molar-refractivity contribution in [1.29, 1.82) is 0 Å². The van der Waals surface area contributed by atoms with Crippen molar-refractivity contribution in [2.75, 3.05) is 6.61 Å². The van der Waals surface area contributed by atoms with Crippen LogP contribution in [0.1, 0.15) is 33.6 Å². The number of hydrogen-bond acceptors (Lipinski definition) is 3. The van der Waals surface area contributed by atoms with Crippen molar-refractivity contribution in [3.63, 3.8) is 0 Å². The first-order chi connectivity index (χ1) is 5.47. The van der Waals surface area contributed by atoms with E-state index in [0.717, 1.165) is 12.8 Å². The van der Waals surface area contributed by atoms with E-state index >= 15 is 0 Å². The van der Waals surface area contributed by atoms with Crippen molar-refractivity contribution < 1.29 is 14.3 Å². The van der Waals surface area contributed by atoms with E-state index in [1.165, 1.54) is 0 Å². The summed E-state index contributed by atoms with van der Waals surface area (Å²) >= 11 is 0. The van der Waals surface area contributed by atoms with E-state index < -0.39 is 5.60 Å². The summed E-state index contributed by atoms with van der Waals surface area (Å²) in [6.45, 7) is 5.65. The van der Waals surface area contributed by atoms with Gasteiger partial charge in [0.25, 0.3) is 0 Å². The third kappa shape index (κ3) is 4.34. The summed E-state index contributed by atoms with van der Waals surface area (Å²) in [4.78, 5) is 11.0. The lowest BCUT2D eigenvalue weighted by Crippen LogP contribution is -2.26. The quantitative estimate of drug-likeness (QED) is 0.605. The lowest BCUT2D eigenvalue weighted by molar-refractivity contribution is -0.160. The number of ether oxygens (including phenoxy) is 2. The highest BCUT2D eigenvalue weighted by Gasteiger charge is 2.24. The lowest BCUT2D eigenvalue weighted by atomic mass is 10.2. The third-order valence-electron chi connectivity index (χ3n) is 1.38. The molecular weight excluding hydrogens is 156 g/mol. The second-order valence-corrected chi connectivity index (χ2v) is 4.10. The Bertz CT molecular complexity index is 165. The van der Waals surface area contributed by atoms with Gasteiger partial charge in [0.2, 0.25) is 0 Å². The Kier molecular flexibility index (Phi) is 2.73. The van der Waals surface area contributed by atoms with Crippen molar-refractivity contribution in [2.45, 2.75) is 45.3 Å². The molecule has 0 radical (unpaired) electrons. The molecular formula is C9H16O3. The maximum Gasteiger partial charge on any atom is 0.332 e. The Morgan fingerprint density at radius 1 is 1.42 bits per heavy atom. The van der Waals surface area contributed by atoms with Gasteiger partial charge in [-0.1, -0.05) is 0 Å². The Morgan fingerprint density at radius 2 is 2.00 bits per heavy atom. The Labute approximate surface area is 73.0 Å². The number of hydrogen-bond donors (Lipinski definition) is 0. The van der Waals surface area contributed by atoms with Gasteiger partial charge in [0, 0.05) is 0 Å². The second-order valence-electron chi connectivity index (χ2n) is 4.10. The number of carbonyl (C=O) groups excluding carboxylic acids is 1. The summed E-state index contributed by atoms with van der Waals surface area (Å²) < 4.78 is 10.2. The van der Waals surface area contributed by atoms with Gasteiger partial charge in [-0.3, -0.25) is 0 Å². The minimum atomic E-state index is -0.399. The van der Waals surface area contributed by atoms with Gasteiger partial charge in [-0.2, -0.15) is 0 Å². The maximum absolute atomic E-state index is 11.0. The summed E-state index contributed by atoms with van der Waals surface area (Å²) in [5.41, 5.74) is -0.399. The van der Waals surface area contributed by atoms with E-state index in [0.29, 0.717) is 6.10 Å². The van der Waals surface area contributed by atoms with E-state index in [-0.39, 0.29) is 12.6 Å². The molecule has 70 valence electrons. The molecule has 3 nitrogen and oxygen atoms in total. The molecule has 1 aliphatic rings. The fourth-order valence-corrected chi connectivity index (χ4v) is 0.792. The van der Waals surface area contributed by atoms with E-state index in [9.17, 15) is 4.79 Å². The molecule has 0 unspecified atom stereocenters. The molecule has 0 aliphatic heterocycles. The average Bonchev–Trinajstić information content (AvgIpc) is 2.61. The van der Waals surface area contributed by atoms with Gasteiger partial charge in [0.05, 0.1) is 6.10 Å². The topological polar surface area (TPSA) is 35.5 Å². The van der Waals surface area contributed by atoms with Crippen molar-refractivity contribution >= 4 is 5.97 Å². The Morgan fingerprint density at radius 3 is 2.42 bits per heavy atom. The zero-order valence-electron chi connectivity index (χ0n) is 7.92. The standard InChI is InChI=1S/C9H16O3/c1-9(2,3)12-8(10)6-11-7-4-5-7/h7H,4-6H2,1-3H3. The van der Waals surface area contributed by atoms with Crippen molar-refractivity contribution in [3.05, 3.63) is 0 Å². The van der Waals surface area contributed by atoms with Gasteiger partial charge in [-0.05, 0) is 33.6 Å². The highest BCUT2D eigenvalue weighted by molar-refractivity contribution is 5.71. The molecule has 0 aromatic carbocycles. The van der Waals surface area contributed by atoms with Crippen molar-refractivity contribution in [1.82, 2.24) is 0 Å². The lowest BCUT2D eigenvalue weighted by Gasteiger charge is -2.19. The van der Waals surface area contributed by atoms with Crippen LogP contribution in [0.4, 0.5) is 0 Å². The SMILES string of the molecule is CC(C)(C)OC(=O)COC1CC1. The van der Waals surface area contributed by atoms with E-state index in [1.807, 2.05) is 20.8 Å². The highest BCUT2D eigenvalue weighted by atomic mass is 16.6. The van der Waals surface area contributed by atoms with Gasteiger partial charge in [-0.15, -0.1) is 0 Å². The Balaban J connectivity index is 2.10. The summed E-state index contributed by atoms with van der Waals surface area (Å²) in [5.74, 6) is -0.269. The first-order valence-corrected chi connectivity index (χ1v) is 4.31. The second kappa shape index (κ2) is 3.44. The summed E-state index contributed by atoms with van der Waals surface area (Å²) in [5, 5.41) is 0. The first-order valence-electron chi connectivity index (χ1n) is 4.31. The molecule has 0 bridgehead atoms. The zero-order valence-corrected chi connectivity index (χ0v) is 7.92. The van der Waals surface area contributed by atoms with Gasteiger partial charge < -0.3 is 9.47 Å². The molecule has 0 N–H and O–H groups in total. The predicted molar refractivity (Wildman–Crippen MR) is 44.8 cm³/mol. The molecule has 12 heavy (non-hydrogen) atoms. The van der Waals surface area contributed by atoms with Crippen LogP contribution in [0.3, 0.4) is 0 Å². The summed E-state index contributed by atoms with van der Waals surface area (Å²) in [6, 6.07) is 0. The number of carbonyl (C=O) groups is 1. The minimum Gasteiger partial charge on any atom is -0.458 e. The first kappa shape index (κ1) is 9.52. The van der Waals surface area contributed by atoms with E-state index in [1.54, 1.807) is 0 Å². The third-order valence-corrected chi connectivity index (χ3v) is 1.38. The van der Waals surface area contributed by atoms with Crippen LogP contribution in [0, 0.1) is 0 Å². The van der Waals surface area contributed by atoms with Crippen LogP contribution in [-0.4, -0.2) is 24.3 Å². The van der Waals surface area contributed by atoms with Crippen LogP contribution < -0.4 is 0 Å². The minimum absolute atomic E-state index is 0.0991. The molecule has 0 spiro atoms. The fraction of sp³-hybridized carbons (Fsp3) is 0.889. The molecule has 3 heteroatoms. The molecule has 0 aromatic rings. The van der Waals surface area contributed by atoms with Crippen LogP contribution in [0.25, 0.3) is 0 Å². The zero-order chi connectivity index (χ0) is 9.19. The fourth-order valence-electron chi connectivity index (χ4n) is 0.792. The number of rotatable bonds is 3. The van der Waals surface area contributed by atoms with Crippen LogP contribution in [0.15, 0.2) is 0 Å². The van der Waals surface area contributed by atoms with Gasteiger partial charge in [0.15, 0.2) is 0 Å². The normalized spacial score (nSPS) is 17.6. The molecule has 1 saturated carbocycles. The molecule has 0 saturated heterocycles. The highest BCUT2D eigenvalue weighted by Crippen LogP contribution is 2.23. The largest absolute Gasteiger partial charge is 0.458 e. The molecule has 1 rings (SSSR count). The average molecular weight is 172 g/mol. The molecule has 1 fully saturated rings. The van der Waals surface area contributed by atoms with E-state index in [4.69, 9.17) is 9.47 Å². The van der Waals surface area contributed by atoms with Crippen LogP contribution in [0.5, 0.6) is 0 Å². The van der Waals surface area contributed by atoms with Crippen molar-refractivity contribution in [2.24, 2.45) is 0 Å².